The summed E-state index contributed by atoms with van der Waals surface area (Å²) in [6.07, 6.45) is 4.53. The summed E-state index contributed by atoms with van der Waals surface area (Å²) in [5.41, 5.74) is 2.44. The Morgan fingerprint density at radius 2 is 1.82 bits per heavy atom. The zero-order valence-electron chi connectivity index (χ0n) is 10.7. The van der Waals surface area contributed by atoms with Gasteiger partial charge in [0.15, 0.2) is 0 Å². The van der Waals surface area contributed by atoms with Gasteiger partial charge in [-0.1, -0.05) is 42.7 Å². The molecule has 1 amide bonds. The van der Waals surface area contributed by atoms with Crippen LogP contribution in [0.2, 0.25) is 0 Å². The number of carbonyl (C=O) groups excluding carboxylic acids is 1. The Hall–Kier alpha value is -1.31. The van der Waals surface area contributed by atoms with E-state index in [4.69, 9.17) is 0 Å². The number of nitrogens with one attached hydrogen (secondary N) is 1. The van der Waals surface area contributed by atoms with E-state index in [1.54, 1.807) is 0 Å². The molecule has 2 rings (SSSR count). The minimum absolute atomic E-state index is 0.115. The van der Waals surface area contributed by atoms with Gasteiger partial charge in [-0.2, -0.15) is 0 Å². The molecule has 2 heteroatoms. The summed E-state index contributed by atoms with van der Waals surface area (Å²) < 4.78 is 0. The monoisotopic (exact) mass is 231 g/mol. The summed E-state index contributed by atoms with van der Waals surface area (Å²) >= 11 is 0. The topological polar surface area (TPSA) is 29.1 Å². The maximum absolute atomic E-state index is 12.0. The molecule has 1 aliphatic rings. The van der Waals surface area contributed by atoms with Crippen LogP contribution in [-0.4, -0.2) is 5.91 Å². The van der Waals surface area contributed by atoms with Gasteiger partial charge < -0.3 is 5.32 Å². The van der Waals surface area contributed by atoms with E-state index < -0.39 is 0 Å². The van der Waals surface area contributed by atoms with Crippen LogP contribution in [0.4, 0.5) is 0 Å². The first-order chi connectivity index (χ1) is 8.16. The maximum Gasteiger partial charge on any atom is 0.223 e. The number of amides is 1. The van der Waals surface area contributed by atoms with E-state index in [1.165, 1.54) is 24.0 Å². The first-order valence-corrected chi connectivity index (χ1v) is 6.54. The van der Waals surface area contributed by atoms with Gasteiger partial charge in [0.05, 0.1) is 6.04 Å². The van der Waals surface area contributed by atoms with Crippen LogP contribution in [0.5, 0.6) is 0 Å². The molecule has 0 heterocycles. The van der Waals surface area contributed by atoms with Crippen molar-refractivity contribution < 1.29 is 4.79 Å². The number of hydrogen-bond donors (Lipinski definition) is 1. The molecule has 1 aromatic carbocycles. The molecule has 0 radical (unpaired) electrons. The Kier molecular flexibility index (Phi) is 3.82. The summed E-state index contributed by atoms with van der Waals surface area (Å²) in [5, 5.41) is 3.12. The Labute approximate surface area is 103 Å². The number of hydrogen-bond acceptors (Lipinski definition) is 1. The zero-order valence-corrected chi connectivity index (χ0v) is 10.7. The van der Waals surface area contributed by atoms with Gasteiger partial charge in [0.25, 0.3) is 0 Å². The van der Waals surface area contributed by atoms with Crippen molar-refractivity contribution in [2.45, 2.75) is 45.6 Å². The lowest BCUT2D eigenvalue weighted by Crippen LogP contribution is -2.31. The molecular weight excluding hydrogens is 210 g/mol. The smallest absolute Gasteiger partial charge is 0.223 e. The Morgan fingerprint density at radius 3 is 2.41 bits per heavy atom. The van der Waals surface area contributed by atoms with Crippen LogP contribution in [0, 0.1) is 12.8 Å². The predicted octanol–water partition coefficient (Wildman–Crippen LogP) is 3.36. The lowest BCUT2D eigenvalue weighted by molar-refractivity contribution is -0.125. The summed E-state index contributed by atoms with van der Waals surface area (Å²) in [6.45, 7) is 4.13. The molecule has 0 aliphatic heterocycles. The predicted molar refractivity (Wildman–Crippen MR) is 69.7 cm³/mol. The minimum atomic E-state index is 0.115. The lowest BCUT2D eigenvalue weighted by Gasteiger charge is -2.17. The number of carbonyl (C=O) groups is 1. The van der Waals surface area contributed by atoms with E-state index >= 15 is 0 Å². The van der Waals surface area contributed by atoms with Crippen LogP contribution >= 0.6 is 0 Å². The number of benzene rings is 1. The molecular formula is C15H21NO. The molecule has 17 heavy (non-hydrogen) atoms. The summed E-state index contributed by atoms with van der Waals surface area (Å²) in [4.78, 5) is 12.0. The second kappa shape index (κ2) is 5.35. The first kappa shape index (κ1) is 12.2. The fourth-order valence-corrected chi connectivity index (χ4v) is 2.46. The molecule has 0 bridgehead atoms. The lowest BCUT2D eigenvalue weighted by atomic mass is 10.0. The van der Waals surface area contributed by atoms with Crippen molar-refractivity contribution >= 4 is 5.91 Å². The van der Waals surface area contributed by atoms with Gasteiger partial charge >= 0.3 is 0 Å². The SMILES string of the molecule is Cc1ccc(C(C)NC(=O)C2CCCC2)cc1. The molecule has 1 fully saturated rings. The van der Waals surface area contributed by atoms with E-state index in [9.17, 15) is 4.79 Å². The Balaban J connectivity index is 1.93. The summed E-state index contributed by atoms with van der Waals surface area (Å²) in [7, 11) is 0. The first-order valence-electron chi connectivity index (χ1n) is 6.54. The van der Waals surface area contributed by atoms with E-state index in [2.05, 4.69) is 43.4 Å². The molecule has 1 unspecified atom stereocenters. The van der Waals surface area contributed by atoms with Gasteiger partial charge in [-0.15, -0.1) is 0 Å². The van der Waals surface area contributed by atoms with Crippen molar-refractivity contribution in [1.29, 1.82) is 0 Å². The van der Waals surface area contributed by atoms with E-state index in [0.717, 1.165) is 12.8 Å². The number of rotatable bonds is 3. The second-order valence-electron chi connectivity index (χ2n) is 5.12. The summed E-state index contributed by atoms with van der Waals surface area (Å²) in [6, 6.07) is 8.48. The van der Waals surface area contributed by atoms with Crippen LogP contribution in [-0.2, 0) is 4.79 Å². The van der Waals surface area contributed by atoms with Crippen molar-refractivity contribution in [3.63, 3.8) is 0 Å². The van der Waals surface area contributed by atoms with Crippen LogP contribution in [0.25, 0.3) is 0 Å². The fraction of sp³-hybridized carbons (Fsp3) is 0.533. The largest absolute Gasteiger partial charge is 0.349 e. The quantitative estimate of drug-likeness (QED) is 0.849. The van der Waals surface area contributed by atoms with Gasteiger partial charge in [-0.25, -0.2) is 0 Å². The Bertz CT molecular complexity index is 376. The molecule has 0 saturated heterocycles. The van der Waals surface area contributed by atoms with Crippen molar-refractivity contribution in [2.24, 2.45) is 5.92 Å². The van der Waals surface area contributed by atoms with E-state index in [1.807, 2.05) is 0 Å². The van der Waals surface area contributed by atoms with Gasteiger partial charge in [-0.05, 0) is 32.3 Å². The third-order valence-electron chi connectivity index (χ3n) is 3.66. The van der Waals surface area contributed by atoms with Gasteiger partial charge in [0.1, 0.15) is 0 Å². The standard InChI is InChI=1S/C15H21NO/c1-11-7-9-13(10-8-11)12(2)16-15(17)14-5-3-4-6-14/h7-10,12,14H,3-6H2,1-2H3,(H,16,17). The fourth-order valence-electron chi connectivity index (χ4n) is 2.46. The average molecular weight is 231 g/mol. The maximum atomic E-state index is 12.0. The molecule has 1 aliphatic carbocycles. The van der Waals surface area contributed by atoms with Crippen LogP contribution < -0.4 is 5.32 Å². The van der Waals surface area contributed by atoms with E-state index in [0.29, 0.717) is 0 Å². The second-order valence-corrected chi connectivity index (χ2v) is 5.12. The van der Waals surface area contributed by atoms with Gasteiger partial charge in [0, 0.05) is 5.92 Å². The molecule has 0 aromatic heterocycles. The number of aryl methyl sites for hydroxylation is 1. The molecule has 1 saturated carbocycles. The van der Waals surface area contributed by atoms with Crippen LogP contribution in [0.1, 0.15) is 49.8 Å². The molecule has 92 valence electrons. The normalized spacial score (nSPS) is 18.0. The van der Waals surface area contributed by atoms with Crippen LogP contribution in [0.3, 0.4) is 0 Å². The molecule has 0 spiro atoms. The molecule has 1 atom stereocenters. The highest BCUT2D eigenvalue weighted by Gasteiger charge is 2.23. The third kappa shape index (κ3) is 3.09. The van der Waals surface area contributed by atoms with Crippen molar-refractivity contribution in [1.82, 2.24) is 5.32 Å². The molecule has 1 aromatic rings. The minimum Gasteiger partial charge on any atom is -0.349 e. The Morgan fingerprint density at radius 1 is 1.24 bits per heavy atom. The highest BCUT2D eigenvalue weighted by atomic mass is 16.1. The van der Waals surface area contributed by atoms with Crippen molar-refractivity contribution in [3.8, 4) is 0 Å². The molecule has 2 nitrogen and oxygen atoms in total. The van der Waals surface area contributed by atoms with Gasteiger partial charge in [0.2, 0.25) is 5.91 Å². The van der Waals surface area contributed by atoms with E-state index in [-0.39, 0.29) is 17.9 Å². The highest BCUT2D eigenvalue weighted by molar-refractivity contribution is 5.79. The zero-order chi connectivity index (χ0) is 12.3. The highest BCUT2D eigenvalue weighted by Crippen LogP contribution is 2.25. The third-order valence-corrected chi connectivity index (χ3v) is 3.66. The molecule has 1 N–H and O–H groups in total. The van der Waals surface area contributed by atoms with Gasteiger partial charge in [-0.3, -0.25) is 4.79 Å². The van der Waals surface area contributed by atoms with Crippen LogP contribution in [0.15, 0.2) is 24.3 Å². The average Bonchev–Trinajstić information content (AvgIpc) is 2.83. The summed E-state index contributed by atoms with van der Waals surface area (Å²) in [5.74, 6) is 0.485. The van der Waals surface area contributed by atoms with Crippen molar-refractivity contribution in [2.75, 3.05) is 0 Å². The van der Waals surface area contributed by atoms with Crippen molar-refractivity contribution in [3.05, 3.63) is 35.4 Å².